The molecule has 2 aromatic rings. The van der Waals surface area contributed by atoms with E-state index >= 15 is 0 Å². The highest BCUT2D eigenvalue weighted by Gasteiger charge is 2.10. The largest absolute Gasteiger partial charge is 0.450 e. The van der Waals surface area contributed by atoms with Crippen LogP contribution in [0.25, 0.3) is 11.1 Å². The fourth-order valence-electron chi connectivity index (χ4n) is 0.994. The first kappa shape index (κ1) is 7.49. The van der Waals surface area contributed by atoms with Gasteiger partial charge in [-0.05, 0) is 28.1 Å². The van der Waals surface area contributed by atoms with E-state index in [1.165, 1.54) is 0 Å². The SMILES string of the molecule is O=Cc1oc2cccnc2c1Br. The van der Waals surface area contributed by atoms with Crippen molar-refractivity contribution in [2.24, 2.45) is 0 Å². The number of nitrogens with zero attached hydrogens (tertiary/aromatic N) is 1. The first-order valence-electron chi connectivity index (χ1n) is 3.31. The Bertz CT molecular complexity index is 436. The minimum absolute atomic E-state index is 0.281. The van der Waals surface area contributed by atoms with Crippen LogP contribution in [-0.2, 0) is 0 Å². The molecule has 0 saturated carbocycles. The van der Waals surface area contributed by atoms with E-state index < -0.39 is 0 Å². The third-order valence-corrected chi connectivity index (χ3v) is 2.29. The van der Waals surface area contributed by atoms with Gasteiger partial charge in [-0.15, -0.1) is 0 Å². The molecule has 12 heavy (non-hydrogen) atoms. The first-order chi connectivity index (χ1) is 5.83. The summed E-state index contributed by atoms with van der Waals surface area (Å²) in [5.74, 6) is 0.281. The van der Waals surface area contributed by atoms with Crippen molar-refractivity contribution in [3.05, 3.63) is 28.6 Å². The molecule has 0 amide bonds. The van der Waals surface area contributed by atoms with Crippen LogP contribution in [0.3, 0.4) is 0 Å². The Balaban J connectivity index is 2.87. The second-order valence-corrected chi connectivity index (χ2v) is 3.04. The minimum Gasteiger partial charge on any atom is -0.450 e. The van der Waals surface area contributed by atoms with Gasteiger partial charge in [0.1, 0.15) is 5.52 Å². The van der Waals surface area contributed by atoms with Crippen molar-refractivity contribution in [1.29, 1.82) is 0 Å². The molecule has 2 heterocycles. The summed E-state index contributed by atoms with van der Waals surface area (Å²) in [4.78, 5) is 14.5. The summed E-state index contributed by atoms with van der Waals surface area (Å²) in [5.41, 5.74) is 1.30. The van der Waals surface area contributed by atoms with Crippen LogP contribution in [0, 0.1) is 0 Å². The maximum atomic E-state index is 10.4. The lowest BCUT2D eigenvalue weighted by molar-refractivity contribution is 0.110. The number of aldehydes is 1. The third-order valence-electron chi connectivity index (χ3n) is 1.52. The zero-order valence-electron chi connectivity index (χ0n) is 5.95. The molecule has 0 unspecified atom stereocenters. The fourth-order valence-corrected chi connectivity index (χ4v) is 1.47. The molecule has 2 rings (SSSR count). The zero-order chi connectivity index (χ0) is 8.55. The van der Waals surface area contributed by atoms with Gasteiger partial charge >= 0.3 is 0 Å². The predicted octanol–water partition coefficient (Wildman–Crippen LogP) is 2.40. The Morgan fingerprint density at radius 1 is 1.58 bits per heavy atom. The Hall–Kier alpha value is -1.16. The summed E-state index contributed by atoms with van der Waals surface area (Å²) in [5, 5.41) is 0. The predicted molar refractivity (Wildman–Crippen MR) is 47.1 cm³/mol. The van der Waals surface area contributed by atoms with Crippen molar-refractivity contribution in [3.63, 3.8) is 0 Å². The van der Waals surface area contributed by atoms with Crippen LogP contribution in [0.1, 0.15) is 10.6 Å². The number of furan rings is 1. The topological polar surface area (TPSA) is 43.1 Å². The molecule has 0 atom stereocenters. The van der Waals surface area contributed by atoms with E-state index in [0.29, 0.717) is 21.9 Å². The molecule has 60 valence electrons. The van der Waals surface area contributed by atoms with Crippen LogP contribution >= 0.6 is 15.9 Å². The number of pyridine rings is 1. The van der Waals surface area contributed by atoms with Crippen LogP contribution in [0.2, 0.25) is 0 Å². The highest BCUT2D eigenvalue weighted by molar-refractivity contribution is 9.10. The van der Waals surface area contributed by atoms with Crippen molar-refractivity contribution in [3.8, 4) is 0 Å². The van der Waals surface area contributed by atoms with E-state index in [0.717, 1.165) is 0 Å². The van der Waals surface area contributed by atoms with Crippen LogP contribution in [0.15, 0.2) is 27.2 Å². The molecule has 0 fully saturated rings. The summed E-state index contributed by atoms with van der Waals surface area (Å²) in [7, 11) is 0. The number of hydrogen-bond acceptors (Lipinski definition) is 3. The average Bonchev–Trinajstić information content (AvgIpc) is 2.44. The molecule has 0 aliphatic rings. The Morgan fingerprint density at radius 2 is 2.42 bits per heavy atom. The van der Waals surface area contributed by atoms with E-state index in [-0.39, 0.29) is 5.76 Å². The molecular formula is C8H4BrNO2. The van der Waals surface area contributed by atoms with Crippen molar-refractivity contribution in [2.45, 2.75) is 0 Å². The molecular weight excluding hydrogens is 222 g/mol. The highest BCUT2D eigenvalue weighted by Crippen LogP contribution is 2.27. The van der Waals surface area contributed by atoms with E-state index in [2.05, 4.69) is 20.9 Å². The van der Waals surface area contributed by atoms with Crippen molar-refractivity contribution in [2.75, 3.05) is 0 Å². The normalized spacial score (nSPS) is 10.4. The van der Waals surface area contributed by atoms with Crippen molar-refractivity contribution >= 4 is 33.3 Å². The van der Waals surface area contributed by atoms with Gasteiger partial charge in [-0.3, -0.25) is 9.78 Å². The second kappa shape index (κ2) is 2.71. The van der Waals surface area contributed by atoms with Crippen LogP contribution in [-0.4, -0.2) is 11.3 Å². The monoisotopic (exact) mass is 225 g/mol. The standard InChI is InChI=1S/C8H4BrNO2/c9-7-6(4-11)12-5-2-1-3-10-8(5)7/h1-4H. The van der Waals surface area contributed by atoms with Gasteiger partial charge in [-0.2, -0.15) is 0 Å². The third kappa shape index (κ3) is 0.956. The number of hydrogen-bond donors (Lipinski definition) is 0. The van der Waals surface area contributed by atoms with Gasteiger partial charge in [0.05, 0.1) is 4.47 Å². The Labute approximate surface area is 76.5 Å². The minimum atomic E-state index is 0.281. The van der Waals surface area contributed by atoms with E-state index in [9.17, 15) is 4.79 Å². The van der Waals surface area contributed by atoms with Gasteiger partial charge < -0.3 is 4.42 Å². The highest BCUT2D eigenvalue weighted by atomic mass is 79.9. The van der Waals surface area contributed by atoms with Crippen LogP contribution in [0.5, 0.6) is 0 Å². The van der Waals surface area contributed by atoms with Gasteiger partial charge in [0, 0.05) is 6.20 Å². The fraction of sp³-hybridized carbons (Fsp3) is 0. The summed E-state index contributed by atoms with van der Waals surface area (Å²) < 4.78 is 5.79. The lowest BCUT2D eigenvalue weighted by atomic mass is 10.4. The van der Waals surface area contributed by atoms with Gasteiger partial charge in [0.25, 0.3) is 0 Å². The molecule has 0 saturated heterocycles. The molecule has 0 N–H and O–H groups in total. The molecule has 0 radical (unpaired) electrons. The number of fused-ring (bicyclic) bond motifs is 1. The molecule has 0 aromatic carbocycles. The lowest BCUT2D eigenvalue weighted by Gasteiger charge is -1.83. The Morgan fingerprint density at radius 3 is 3.08 bits per heavy atom. The van der Waals surface area contributed by atoms with Crippen LogP contribution < -0.4 is 0 Å². The Kier molecular flexibility index (Phi) is 1.69. The number of carbonyl (C=O) groups excluding carboxylic acids is 1. The zero-order valence-corrected chi connectivity index (χ0v) is 7.54. The second-order valence-electron chi connectivity index (χ2n) is 2.25. The molecule has 3 nitrogen and oxygen atoms in total. The van der Waals surface area contributed by atoms with Gasteiger partial charge in [0.15, 0.2) is 17.6 Å². The number of rotatable bonds is 1. The lowest BCUT2D eigenvalue weighted by Crippen LogP contribution is -1.73. The van der Waals surface area contributed by atoms with Crippen LogP contribution in [0.4, 0.5) is 0 Å². The maximum absolute atomic E-state index is 10.4. The molecule has 0 spiro atoms. The quantitative estimate of drug-likeness (QED) is 0.701. The van der Waals surface area contributed by atoms with Crippen molar-refractivity contribution in [1.82, 2.24) is 4.98 Å². The summed E-state index contributed by atoms with van der Waals surface area (Å²) >= 11 is 3.22. The van der Waals surface area contributed by atoms with E-state index in [1.807, 2.05) is 0 Å². The number of aromatic nitrogens is 1. The van der Waals surface area contributed by atoms with Gasteiger partial charge in [-0.25, -0.2) is 0 Å². The van der Waals surface area contributed by atoms with Crippen molar-refractivity contribution < 1.29 is 9.21 Å². The molecule has 2 aromatic heterocycles. The number of carbonyl (C=O) groups is 1. The van der Waals surface area contributed by atoms with E-state index in [1.54, 1.807) is 18.3 Å². The van der Waals surface area contributed by atoms with E-state index in [4.69, 9.17) is 4.42 Å². The summed E-state index contributed by atoms with van der Waals surface area (Å²) in [6.07, 6.45) is 2.31. The molecule has 0 aliphatic heterocycles. The maximum Gasteiger partial charge on any atom is 0.186 e. The first-order valence-corrected chi connectivity index (χ1v) is 4.10. The number of halogens is 1. The van der Waals surface area contributed by atoms with Gasteiger partial charge in [-0.1, -0.05) is 0 Å². The summed E-state index contributed by atoms with van der Waals surface area (Å²) in [6, 6.07) is 3.52. The average molecular weight is 226 g/mol. The van der Waals surface area contributed by atoms with Gasteiger partial charge in [0.2, 0.25) is 0 Å². The molecule has 0 bridgehead atoms. The molecule has 4 heteroatoms. The smallest absolute Gasteiger partial charge is 0.186 e. The summed E-state index contributed by atoms with van der Waals surface area (Å²) in [6.45, 7) is 0. The molecule has 0 aliphatic carbocycles.